The van der Waals surface area contributed by atoms with Crippen LogP contribution in [0, 0.1) is 16.7 Å². The summed E-state index contributed by atoms with van der Waals surface area (Å²) in [4.78, 5) is 13.2. The van der Waals surface area contributed by atoms with Gasteiger partial charge in [-0.15, -0.1) is 0 Å². The van der Waals surface area contributed by atoms with Crippen molar-refractivity contribution in [3.05, 3.63) is 24.0 Å². The highest BCUT2D eigenvalue weighted by Gasteiger charge is 2.42. The molecule has 1 aliphatic heterocycles. The van der Waals surface area contributed by atoms with E-state index in [0.717, 1.165) is 44.2 Å². The van der Waals surface area contributed by atoms with Gasteiger partial charge in [0.25, 0.3) is 0 Å². The van der Waals surface area contributed by atoms with Crippen LogP contribution in [0.4, 0.5) is 10.1 Å². The molecule has 2 aliphatic carbocycles. The SMILES string of the molecule is COCC(C)NC1CCC(NC2=NCC(F)C(c3cc(NCC4(C#N)CC4)ccn3)=N2)CC1. The first-order valence-corrected chi connectivity index (χ1v) is 11.9. The van der Waals surface area contributed by atoms with E-state index in [1.165, 1.54) is 0 Å². The second-order valence-electron chi connectivity index (χ2n) is 9.52. The molecule has 0 saturated heterocycles. The lowest BCUT2D eigenvalue weighted by Crippen LogP contribution is -2.46. The van der Waals surface area contributed by atoms with Crippen LogP contribution in [0.25, 0.3) is 0 Å². The minimum absolute atomic E-state index is 0.0451. The molecule has 33 heavy (non-hydrogen) atoms. The summed E-state index contributed by atoms with van der Waals surface area (Å²) in [5.41, 5.74) is 1.38. The Balaban J connectivity index is 1.33. The molecule has 2 fully saturated rings. The molecule has 0 aromatic carbocycles. The van der Waals surface area contributed by atoms with Gasteiger partial charge in [-0.2, -0.15) is 5.26 Å². The van der Waals surface area contributed by atoms with E-state index in [1.54, 1.807) is 19.4 Å². The highest BCUT2D eigenvalue weighted by molar-refractivity contribution is 6.10. The summed E-state index contributed by atoms with van der Waals surface area (Å²) < 4.78 is 19.9. The molecule has 2 atom stereocenters. The number of rotatable bonds is 9. The Kier molecular flexibility index (Phi) is 7.56. The molecule has 0 radical (unpaired) electrons. The molecule has 4 rings (SSSR count). The number of ether oxygens (including phenoxy) is 1. The van der Waals surface area contributed by atoms with Crippen molar-refractivity contribution in [1.29, 1.82) is 5.26 Å². The van der Waals surface area contributed by atoms with Gasteiger partial charge < -0.3 is 20.7 Å². The lowest BCUT2D eigenvalue weighted by molar-refractivity contribution is 0.160. The van der Waals surface area contributed by atoms with Crippen LogP contribution >= 0.6 is 0 Å². The van der Waals surface area contributed by atoms with E-state index < -0.39 is 6.17 Å². The molecule has 0 bridgehead atoms. The summed E-state index contributed by atoms with van der Waals surface area (Å²) >= 11 is 0. The average molecular weight is 456 g/mol. The summed E-state index contributed by atoms with van der Waals surface area (Å²) in [7, 11) is 1.72. The van der Waals surface area contributed by atoms with Crippen LogP contribution in [0.3, 0.4) is 0 Å². The third kappa shape index (κ3) is 6.27. The minimum atomic E-state index is -1.28. The molecule has 0 amide bonds. The number of aliphatic imine (C=N–C) groups is 2. The van der Waals surface area contributed by atoms with E-state index in [9.17, 15) is 9.65 Å². The standard InChI is InChI=1S/C24H34FN7O/c1-16(13-33-2)30-17-3-5-18(6-4-17)31-23-28-12-20(25)22(32-23)21-11-19(7-10-27-21)29-15-24(14-26)8-9-24/h7,10-11,16-18,20,30H,3-6,8-9,12-13,15H2,1-2H3,(H,27,29)(H,28,31). The molecule has 2 unspecified atom stereocenters. The molecular weight excluding hydrogens is 421 g/mol. The van der Waals surface area contributed by atoms with Crippen LogP contribution in [0.1, 0.15) is 51.1 Å². The smallest absolute Gasteiger partial charge is 0.218 e. The molecule has 0 spiro atoms. The molecule has 9 heteroatoms. The van der Waals surface area contributed by atoms with Crippen LogP contribution in [0.5, 0.6) is 0 Å². The summed E-state index contributed by atoms with van der Waals surface area (Å²) in [6.07, 6.45) is 6.37. The Labute approximate surface area is 195 Å². The van der Waals surface area contributed by atoms with Gasteiger partial charge in [-0.3, -0.25) is 4.98 Å². The molecule has 2 heterocycles. The third-order valence-corrected chi connectivity index (χ3v) is 6.67. The van der Waals surface area contributed by atoms with Crippen molar-refractivity contribution < 1.29 is 9.13 Å². The van der Waals surface area contributed by atoms with Gasteiger partial charge in [0.2, 0.25) is 5.96 Å². The number of aromatic nitrogens is 1. The number of nitrogens with zero attached hydrogens (tertiary/aromatic N) is 4. The lowest BCUT2D eigenvalue weighted by Gasteiger charge is -2.32. The van der Waals surface area contributed by atoms with Gasteiger partial charge in [0.15, 0.2) is 6.17 Å². The number of hydrogen-bond acceptors (Lipinski definition) is 8. The van der Waals surface area contributed by atoms with Crippen molar-refractivity contribution in [2.75, 3.05) is 32.1 Å². The zero-order valence-electron chi connectivity index (χ0n) is 19.5. The lowest BCUT2D eigenvalue weighted by atomic mass is 9.91. The van der Waals surface area contributed by atoms with E-state index in [-0.39, 0.29) is 18.0 Å². The average Bonchev–Trinajstić information content (AvgIpc) is 3.61. The fourth-order valence-corrected chi connectivity index (χ4v) is 4.49. The predicted molar refractivity (Wildman–Crippen MR) is 127 cm³/mol. The molecule has 3 N–H and O–H groups in total. The molecule has 1 aromatic rings. The first-order chi connectivity index (χ1) is 16.0. The largest absolute Gasteiger partial charge is 0.383 e. The summed E-state index contributed by atoms with van der Waals surface area (Å²) in [5.74, 6) is 0.490. The second-order valence-corrected chi connectivity index (χ2v) is 9.52. The monoisotopic (exact) mass is 455 g/mol. The maximum Gasteiger partial charge on any atom is 0.218 e. The van der Waals surface area contributed by atoms with Gasteiger partial charge in [0, 0.05) is 43.7 Å². The van der Waals surface area contributed by atoms with Gasteiger partial charge >= 0.3 is 0 Å². The van der Waals surface area contributed by atoms with Crippen molar-refractivity contribution in [2.45, 2.75) is 69.7 Å². The summed E-state index contributed by atoms with van der Waals surface area (Å²) in [5, 5.41) is 19.6. The van der Waals surface area contributed by atoms with Gasteiger partial charge in [0.1, 0.15) is 5.71 Å². The topological polar surface area (TPSA) is 107 Å². The molecule has 3 aliphatic rings. The van der Waals surface area contributed by atoms with Crippen LogP contribution in [-0.2, 0) is 4.74 Å². The Bertz CT molecular complexity index is 916. The van der Waals surface area contributed by atoms with E-state index >= 15 is 0 Å². The summed E-state index contributed by atoms with van der Waals surface area (Å²) in [6.45, 7) is 3.49. The fourth-order valence-electron chi connectivity index (χ4n) is 4.49. The van der Waals surface area contributed by atoms with Crippen LogP contribution in [0.15, 0.2) is 28.3 Å². The van der Waals surface area contributed by atoms with Crippen molar-refractivity contribution in [3.8, 4) is 6.07 Å². The van der Waals surface area contributed by atoms with Crippen LogP contribution in [0.2, 0.25) is 0 Å². The number of methoxy groups -OCH3 is 1. The molecule has 2 saturated carbocycles. The normalized spacial score (nSPS) is 27.0. The quantitative estimate of drug-likeness (QED) is 0.529. The molecule has 8 nitrogen and oxygen atoms in total. The van der Waals surface area contributed by atoms with Crippen molar-refractivity contribution in [3.63, 3.8) is 0 Å². The van der Waals surface area contributed by atoms with Gasteiger partial charge in [-0.05, 0) is 57.6 Å². The Morgan fingerprint density at radius 2 is 2.03 bits per heavy atom. The highest BCUT2D eigenvalue weighted by atomic mass is 19.1. The zero-order chi connectivity index (χ0) is 23.3. The number of guanidine groups is 1. The number of anilines is 1. The molecule has 1 aromatic heterocycles. The van der Waals surface area contributed by atoms with E-state index in [4.69, 9.17) is 4.74 Å². The number of halogens is 1. The summed E-state index contributed by atoms with van der Waals surface area (Å²) in [6, 6.07) is 7.13. The zero-order valence-corrected chi connectivity index (χ0v) is 19.5. The maximum absolute atomic E-state index is 14.7. The van der Waals surface area contributed by atoms with Gasteiger partial charge in [-0.1, -0.05) is 0 Å². The third-order valence-electron chi connectivity index (χ3n) is 6.67. The van der Waals surface area contributed by atoms with Crippen LogP contribution < -0.4 is 16.0 Å². The Morgan fingerprint density at radius 3 is 2.73 bits per heavy atom. The van der Waals surface area contributed by atoms with Gasteiger partial charge in [-0.25, -0.2) is 14.4 Å². The maximum atomic E-state index is 14.7. The number of pyridine rings is 1. The van der Waals surface area contributed by atoms with E-state index in [0.29, 0.717) is 42.6 Å². The Morgan fingerprint density at radius 1 is 1.27 bits per heavy atom. The van der Waals surface area contributed by atoms with Gasteiger partial charge in [0.05, 0.1) is 30.3 Å². The fraction of sp³-hybridized carbons (Fsp3) is 0.667. The highest BCUT2D eigenvalue weighted by Crippen LogP contribution is 2.44. The van der Waals surface area contributed by atoms with Crippen molar-refractivity contribution in [2.24, 2.45) is 15.4 Å². The first-order valence-electron chi connectivity index (χ1n) is 11.9. The predicted octanol–water partition coefficient (Wildman–Crippen LogP) is 2.82. The second kappa shape index (κ2) is 10.6. The van der Waals surface area contributed by atoms with E-state index in [1.807, 2.05) is 6.07 Å². The van der Waals surface area contributed by atoms with Crippen LogP contribution in [-0.4, -0.2) is 67.8 Å². The van der Waals surface area contributed by atoms with E-state index in [2.05, 4.69) is 43.9 Å². The Hall–Kier alpha value is -2.57. The minimum Gasteiger partial charge on any atom is -0.383 e. The number of nitrogens with one attached hydrogen (secondary N) is 3. The first kappa shape index (κ1) is 23.6. The van der Waals surface area contributed by atoms with Crippen molar-refractivity contribution >= 4 is 17.4 Å². The van der Waals surface area contributed by atoms with Crippen molar-refractivity contribution in [1.82, 2.24) is 15.6 Å². The number of hydrogen-bond donors (Lipinski definition) is 3. The molecular formula is C24H34FN7O. The number of alkyl halides is 1. The number of nitriles is 1. The molecule has 178 valence electrons.